The van der Waals surface area contributed by atoms with Crippen LogP contribution in [0.1, 0.15) is 18.5 Å². The minimum absolute atomic E-state index is 0.0307. The normalized spacial score (nSPS) is 15.6. The summed E-state index contributed by atoms with van der Waals surface area (Å²) in [5.74, 6) is 0.140. The van der Waals surface area contributed by atoms with Gasteiger partial charge >= 0.3 is 11.8 Å². The van der Waals surface area contributed by atoms with Crippen LogP contribution in [0.15, 0.2) is 48.5 Å². The summed E-state index contributed by atoms with van der Waals surface area (Å²) >= 11 is 0. The maximum absolute atomic E-state index is 12.5. The van der Waals surface area contributed by atoms with Crippen molar-refractivity contribution >= 4 is 17.5 Å². The van der Waals surface area contributed by atoms with Crippen LogP contribution in [0.25, 0.3) is 0 Å². The predicted molar refractivity (Wildman–Crippen MR) is 124 cm³/mol. The van der Waals surface area contributed by atoms with Crippen molar-refractivity contribution in [2.75, 3.05) is 58.8 Å². The molecule has 8 nitrogen and oxygen atoms in total. The number of benzene rings is 2. The van der Waals surface area contributed by atoms with Crippen LogP contribution in [-0.2, 0) is 9.59 Å². The third-order valence-corrected chi connectivity index (χ3v) is 5.56. The molecule has 0 bridgehead atoms. The van der Waals surface area contributed by atoms with E-state index in [-0.39, 0.29) is 6.04 Å². The van der Waals surface area contributed by atoms with Gasteiger partial charge in [-0.1, -0.05) is 12.1 Å². The van der Waals surface area contributed by atoms with E-state index in [0.717, 1.165) is 37.5 Å². The van der Waals surface area contributed by atoms with E-state index in [0.29, 0.717) is 24.6 Å². The third kappa shape index (κ3) is 6.45. The van der Waals surface area contributed by atoms with Crippen molar-refractivity contribution in [3.05, 3.63) is 54.1 Å². The summed E-state index contributed by atoms with van der Waals surface area (Å²) < 4.78 is 10.7. The third-order valence-electron chi connectivity index (χ3n) is 5.56. The Bertz CT molecular complexity index is 878. The predicted octanol–water partition coefficient (Wildman–Crippen LogP) is 2.14. The van der Waals surface area contributed by atoms with E-state index in [1.54, 1.807) is 31.4 Å². The number of piperazine rings is 1. The van der Waals surface area contributed by atoms with Gasteiger partial charge in [-0.3, -0.25) is 14.5 Å². The number of nitrogens with one attached hydrogen (secondary N) is 2. The number of carbonyl (C=O) groups excluding carboxylic acids is 2. The van der Waals surface area contributed by atoms with Crippen LogP contribution in [-0.4, -0.2) is 75.1 Å². The molecular formula is C24H32N4O4. The van der Waals surface area contributed by atoms with Gasteiger partial charge in [0.15, 0.2) is 0 Å². The zero-order chi connectivity index (χ0) is 22.9. The Morgan fingerprint density at radius 1 is 0.938 bits per heavy atom. The standard InChI is InChI=1S/C24H32N4O4/c1-4-32-21-11-7-19(8-12-21)26-24(30)23(29)25-17-22(28-15-13-27(2)14-16-28)18-5-9-20(31-3)10-6-18/h5-12,22H,4,13-17H2,1-3H3,(H,25,29)(H,26,30)/t22-/m0/s1. The largest absolute Gasteiger partial charge is 0.497 e. The zero-order valence-electron chi connectivity index (χ0n) is 19.0. The lowest BCUT2D eigenvalue weighted by Gasteiger charge is -2.38. The van der Waals surface area contributed by atoms with Gasteiger partial charge < -0.3 is 25.0 Å². The molecule has 1 aliphatic heterocycles. The maximum atomic E-state index is 12.5. The van der Waals surface area contributed by atoms with E-state index >= 15 is 0 Å². The Kier molecular flexibility index (Phi) is 8.47. The minimum atomic E-state index is -0.694. The molecule has 3 rings (SSSR count). The lowest BCUT2D eigenvalue weighted by atomic mass is 10.0. The van der Waals surface area contributed by atoms with Crippen molar-refractivity contribution in [2.24, 2.45) is 0 Å². The summed E-state index contributed by atoms with van der Waals surface area (Å²) in [6.45, 7) is 6.50. The second-order valence-electron chi connectivity index (χ2n) is 7.75. The SMILES string of the molecule is CCOc1ccc(NC(=O)C(=O)NC[C@@H](c2ccc(OC)cc2)N2CCN(C)CC2)cc1. The Balaban J connectivity index is 1.62. The molecule has 0 spiro atoms. The van der Waals surface area contributed by atoms with Crippen molar-refractivity contribution < 1.29 is 19.1 Å². The number of ether oxygens (including phenoxy) is 2. The molecule has 2 aromatic carbocycles. The summed E-state index contributed by atoms with van der Waals surface area (Å²) in [5.41, 5.74) is 1.61. The number of carbonyl (C=O) groups is 2. The van der Waals surface area contributed by atoms with Crippen molar-refractivity contribution in [1.29, 1.82) is 0 Å². The number of methoxy groups -OCH3 is 1. The summed E-state index contributed by atoms with van der Waals surface area (Å²) in [6.07, 6.45) is 0. The molecule has 1 saturated heterocycles. The van der Waals surface area contributed by atoms with Crippen molar-refractivity contribution in [1.82, 2.24) is 15.1 Å². The van der Waals surface area contributed by atoms with Crippen LogP contribution >= 0.6 is 0 Å². The van der Waals surface area contributed by atoms with Crippen molar-refractivity contribution in [2.45, 2.75) is 13.0 Å². The molecule has 2 amide bonds. The summed E-state index contributed by atoms with van der Waals surface area (Å²) in [4.78, 5) is 29.5. The Labute approximate surface area is 189 Å². The average Bonchev–Trinajstić information content (AvgIpc) is 2.82. The first-order chi connectivity index (χ1) is 15.5. The van der Waals surface area contributed by atoms with Gasteiger partial charge in [0.25, 0.3) is 0 Å². The van der Waals surface area contributed by atoms with E-state index in [2.05, 4.69) is 27.5 Å². The van der Waals surface area contributed by atoms with Gasteiger partial charge in [-0.05, 0) is 55.9 Å². The van der Waals surface area contributed by atoms with Crippen LogP contribution in [0.5, 0.6) is 11.5 Å². The highest BCUT2D eigenvalue weighted by molar-refractivity contribution is 6.39. The monoisotopic (exact) mass is 440 g/mol. The number of nitrogens with zero attached hydrogens (tertiary/aromatic N) is 2. The molecule has 1 fully saturated rings. The molecule has 8 heteroatoms. The van der Waals surface area contributed by atoms with Crippen molar-refractivity contribution in [3.8, 4) is 11.5 Å². The van der Waals surface area contributed by atoms with E-state index in [1.807, 2.05) is 31.2 Å². The number of rotatable bonds is 8. The fourth-order valence-corrected chi connectivity index (χ4v) is 3.68. The number of likely N-dealkylation sites (N-methyl/N-ethyl adjacent to an activating group) is 1. The van der Waals surface area contributed by atoms with Crippen LogP contribution in [0, 0.1) is 0 Å². The first-order valence-electron chi connectivity index (χ1n) is 10.9. The molecule has 1 aliphatic rings. The van der Waals surface area contributed by atoms with Gasteiger partial charge in [0.05, 0.1) is 19.8 Å². The first-order valence-corrected chi connectivity index (χ1v) is 10.9. The molecule has 172 valence electrons. The maximum Gasteiger partial charge on any atom is 0.313 e. The lowest BCUT2D eigenvalue weighted by Crippen LogP contribution is -2.49. The quantitative estimate of drug-likeness (QED) is 0.612. The Morgan fingerprint density at radius 3 is 2.16 bits per heavy atom. The smallest absolute Gasteiger partial charge is 0.313 e. The minimum Gasteiger partial charge on any atom is -0.497 e. The average molecular weight is 441 g/mol. The van der Waals surface area contributed by atoms with Crippen LogP contribution in [0.4, 0.5) is 5.69 Å². The van der Waals surface area contributed by atoms with Crippen molar-refractivity contribution in [3.63, 3.8) is 0 Å². The van der Waals surface area contributed by atoms with Gasteiger partial charge in [-0.15, -0.1) is 0 Å². The lowest BCUT2D eigenvalue weighted by molar-refractivity contribution is -0.136. The van der Waals surface area contributed by atoms with Gasteiger partial charge in [0, 0.05) is 38.4 Å². The van der Waals surface area contributed by atoms with Crippen LogP contribution in [0.2, 0.25) is 0 Å². The van der Waals surface area contributed by atoms with Gasteiger partial charge in [-0.2, -0.15) is 0 Å². The highest BCUT2D eigenvalue weighted by Gasteiger charge is 2.25. The zero-order valence-corrected chi connectivity index (χ0v) is 19.0. The highest BCUT2D eigenvalue weighted by Crippen LogP contribution is 2.24. The molecule has 0 aromatic heterocycles. The number of hydrogen-bond acceptors (Lipinski definition) is 6. The van der Waals surface area contributed by atoms with E-state index in [1.165, 1.54) is 0 Å². The molecular weight excluding hydrogens is 408 g/mol. The topological polar surface area (TPSA) is 83.1 Å². The summed E-state index contributed by atoms with van der Waals surface area (Å²) in [6, 6.07) is 14.7. The Hall–Kier alpha value is -3.10. The molecule has 0 radical (unpaired) electrons. The van der Waals surface area contributed by atoms with E-state index < -0.39 is 11.8 Å². The molecule has 0 unspecified atom stereocenters. The fourth-order valence-electron chi connectivity index (χ4n) is 3.68. The molecule has 2 aromatic rings. The number of hydrogen-bond donors (Lipinski definition) is 2. The summed E-state index contributed by atoms with van der Waals surface area (Å²) in [7, 11) is 3.74. The summed E-state index contributed by atoms with van der Waals surface area (Å²) in [5, 5.41) is 5.44. The number of anilines is 1. The van der Waals surface area contributed by atoms with Gasteiger partial charge in [-0.25, -0.2) is 0 Å². The highest BCUT2D eigenvalue weighted by atomic mass is 16.5. The van der Waals surface area contributed by atoms with Gasteiger partial charge in [0.1, 0.15) is 11.5 Å². The molecule has 32 heavy (non-hydrogen) atoms. The fraction of sp³-hybridized carbons (Fsp3) is 0.417. The molecule has 1 atom stereocenters. The second kappa shape index (κ2) is 11.5. The molecule has 0 aliphatic carbocycles. The number of amides is 2. The second-order valence-corrected chi connectivity index (χ2v) is 7.75. The van der Waals surface area contributed by atoms with Gasteiger partial charge in [0.2, 0.25) is 0 Å². The Morgan fingerprint density at radius 2 is 1.56 bits per heavy atom. The van der Waals surface area contributed by atoms with E-state index in [9.17, 15) is 9.59 Å². The van der Waals surface area contributed by atoms with Crippen LogP contribution < -0.4 is 20.1 Å². The molecule has 0 saturated carbocycles. The molecule has 2 N–H and O–H groups in total. The first kappa shape index (κ1) is 23.6. The van der Waals surface area contributed by atoms with E-state index in [4.69, 9.17) is 9.47 Å². The van der Waals surface area contributed by atoms with Crippen LogP contribution in [0.3, 0.4) is 0 Å². The molecule has 1 heterocycles.